The van der Waals surface area contributed by atoms with E-state index in [0.29, 0.717) is 6.04 Å². The number of ether oxygens (including phenoxy) is 2. The number of amides is 1. The van der Waals surface area contributed by atoms with Crippen LogP contribution in [0.1, 0.15) is 19.8 Å². The van der Waals surface area contributed by atoms with E-state index in [0.717, 1.165) is 43.1 Å². The molecule has 0 bridgehead atoms. The number of nitrogens with one attached hydrogen (secondary N) is 1. The lowest BCUT2D eigenvalue weighted by molar-refractivity contribution is -0.133. The van der Waals surface area contributed by atoms with Gasteiger partial charge in [0.1, 0.15) is 11.5 Å². The zero-order valence-corrected chi connectivity index (χ0v) is 14.7. The molecular weight excluding hydrogens is 318 g/mol. The van der Waals surface area contributed by atoms with E-state index in [1.54, 1.807) is 21.1 Å². The number of halogens is 1. The molecule has 1 unspecified atom stereocenters. The zero-order chi connectivity index (χ0) is 16.1. The summed E-state index contributed by atoms with van der Waals surface area (Å²) in [7, 11) is 3.27. The van der Waals surface area contributed by atoms with Gasteiger partial charge in [0.2, 0.25) is 5.91 Å². The molecule has 23 heavy (non-hydrogen) atoms. The number of piperidine rings is 1. The fraction of sp³-hybridized carbons (Fsp3) is 0.562. The molecule has 1 aliphatic rings. The molecule has 7 heteroatoms. The van der Waals surface area contributed by atoms with Crippen molar-refractivity contribution < 1.29 is 14.3 Å². The monoisotopic (exact) mass is 343 g/mol. The number of carbonyl (C=O) groups is 1. The van der Waals surface area contributed by atoms with Crippen LogP contribution in [0.5, 0.6) is 11.5 Å². The van der Waals surface area contributed by atoms with Crippen molar-refractivity contribution in [2.45, 2.75) is 31.8 Å². The molecule has 1 aliphatic heterocycles. The molecule has 2 rings (SSSR count). The maximum absolute atomic E-state index is 11.9. The van der Waals surface area contributed by atoms with Crippen LogP contribution in [0.3, 0.4) is 0 Å². The maximum atomic E-state index is 11.9. The Morgan fingerprint density at radius 2 is 1.74 bits per heavy atom. The van der Waals surface area contributed by atoms with Gasteiger partial charge < -0.3 is 25.4 Å². The highest BCUT2D eigenvalue weighted by Gasteiger charge is 2.24. The summed E-state index contributed by atoms with van der Waals surface area (Å²) in [5, 5.41) is 3.49. The molecule has 1 fully saturated rings. The lowest BCUT2D eigenvalue weighted by atomic mass is 10.0. The normalized spacial score (nSPS) is 16.3. The molecule has 1 heterocycles. The van der Waals surface area contributed by atoms with Crippen molar-refractivity contribution in [2.75, 3.05) is 32.6 Å². The first-order valence-corrected chi connectivity index (χ1v) is 7.57. The number of benzene rings is 1. The summed E-state index contributed by atoms with van der Waals surface area (Å²) in [4.78, 5) is 13.7. The highest BCUT2D eigenvalue weighted by molar-refractivity contribution is 5.85. The standard InChI is InChI=1S/C16H25N3O3.ClH/c1-11(17)16(20)19-6-4-12(5-7-19)18-13-8-14(21-2)10-15(9-13)22-3;/h8-12,18H,4-7,17H2,1-3H3;1H. The quantitative estimate of drug-likeness (QED) is 0.853. The van der Waals surface area contributed by atoms with Gasteiger partial charge in [-0.1, -0.05) is 0 Å². The number of likely N-dealkylation sites (tertiary alicyclic amines) is 1. The average Bonchev–Trinajstić information content (AvgIpc) is 2.54. The van der Waals surface area contributed by atoms with Crippen molar-refractivity contribution in [3.8, 4) is 11.5 Å². The van der Waals surface area contributed by atoms with Gasteiger partial charge in [0.05, 0.1) is 20.3 Å². The molecule has 1 aromatic carbocycles. The van der Waals surface area contributed by atoms with Crippen molar-refractivity contribution in [2.24, 2.45) is 5.73 Å². The summed E-state index contributed by atoms with van der Waals surface area (Å²) >= 11 is 0. The Hall–Kier alpha value is -1.66. The fourth-order valence-corrected chi connectivity index (χ4v) is 2.66. The number of nitrogens with zero attached hydrogens (tertiary/aromatic N) is 1. The summed E-state index contributed by atoms with van der Waals surface area (Å²) in [5.74, 6) is 1.54. The predicted molar refractivity (Wildman–Crippen MR) is 93.7 cm³/mol. The largest absolute Gasteiger partial charge is 0.497 e. The van der Waals surface area contributed by atoms with E-state index in [1.165, 1.54) is 0 Å². The van der Waals surface area contributed by atoms with Crippen molar-refractivity contribution in [3.63, 3.8) is 0 Å². The van der Waals surface area contributed by atoms with E-state index in [4.69, 9.17) is 15.2 Å². The minimum Gasteiger partial charge on any atom is -0.497 e. The number of carbonyl (C=O) groups excluding carboxylic acids is 1. The molecular formula is C16H26ClN3O3. The first-order chi connectivity index (χ1) is 10.5. The van der Waals surface area contributed by atoms with Gasteiger partial charge >= 0.3 is 0 Å². The lowest BCUT2D eigenvalue weighted by Crippen LogP contribution is -2.48. The molecule has 3 N–H and O–H groups in total. The molecule has 0 saturated carbocycles. The first-order valence-electron chi connectivity index (χ1n) is 7.57. The number of hydrogen-bond acceptors (Lipinski definition) is 5. The van der Waals surface area contributed by atoms with Crippen LogP contribution >= 0.6 is 12.4 Å². The van der Waals surface area contributed by atoms with Crippen LogP contribution in [-0.4, -0.2) is 50.2 Å². The molecule has 1 atom stereocenters. The predicted octanol–water partition coefficient (Wildman–Crippen LogP) is 1.88. The Morgan fingerprint density at radius 3 is 2.17 bits per heavy atom. The van der Waals surface area contributed by atoms with Crippen LogP contribution in [-0.2, 0) is 4.79 Å². The van der Waals surface area contributed by atoms with Crippen molar-refractivity contribution >= 4 is 24.0 Å². The third kappa shape index (κ3) is 5.18. The fourth-order valence-electron chi connectivity index (χ4n) is 2.66. The highest BCUT2D eigenvalue weighted by atomic mass is 35.5. The van der Waals surface area contributed by atoms with E-state index in [1.807, 2.05) is 23.1 Å². The topological polar surface area (TPSA) is 76.8 Å². The summed E-state index contributed by atoms with van der Waals surface area (Å²) in [6.07, 6.45) is 1.80. The van der Waals surface area contributed by atoms with Crippen LogP contribution < -0.4 is 20.5 Å². The third-order valence-corrected chi connectivity index (χ3v) is 3.92. The zero-order valence-electron chi connectivity index (χ0n) is 13.9. The van der Waals surface area contributed by atoms with E-state index in [9.17, 15) is 4.79 Å². The number of rotatable bonds is 5. The SMILES string of the molecule is COc1cc(NC2CCN(C(=O)C(C)N)CC2)cc(OC)c1.Cl. The van der Waals surface area contributed by atoms with Crippen molar-refractivity contribution in [1.29, 1.82) is 0 Å². The third-order valence-electron chi connectivity index (χ3n) is 3.92. The lowest BCUT2D eigenvalue weighted by Gasteiger charge is -2.33. The minimum atomic E-state index is -0.424. The van der Waals surface area contributed by atoms with Crippen LogP contribution in [0.25, 0.3) is 0 Å². The van der Waals surface area contributed by atoms with Gasteiger partial charge in [0, 0.05) is 43.0 Å². The van der Waals surface area contributed by atoms with E-state index in [-0.39, 0.29) is 18.3 Å². The molecule has 130 valence electrons. The second-order valence-corrected chi connectivity index (χ2v) is 5.63. The van der Waals surface area contributed by atoms with Crippen LogP contribution in [0, 0.1) is 0 Å². The Kier molecular flexibility index (Phi) is 7.45. The Balaban J connectivity index is 0.00000264. The van der Waals surface area contributed by atoms with Gasteiger partial charge in [-0.15, -0.1) is 12.4 Å². The van der Waals surface area contributed by atoms with Gasteiger partial charge in [0.15, 0.2) is 0 Å². The Labute approximate surface area is 143 Å². The maximum Gasteiger partial charge on any atom is 0.239 e. The summed E-state index contributed by atoms with van der Waals surface area (Å²) in [6.45, 7) is 3.20. The minimum absolute atomic E-state index is 0. The Bertz CT molecular complexity index is 495. The molecule has 0 radical (unpaired) electrons. The van der Waals surface area contributed by atoms with E-state index >= 15 is 0 Å². The molecule has 0 aromatic heterocycles. The van der Waals surface area contributed by atoms with E-state index < -0.39 is 6.04 Å². The van der Waals surface area contributed by atoms with Gasteiger partial charge in [-0.2, -0.15) is 0 Å². The van der Waals surface area contributed by atoms with Crippen LogP contribution in [0.4, 0.5) is 5.69 Å². The van der Waals surface area contributed by atoms with Crippen LogP contribution in [0.15, 0.2) is 18.2 Å². The summed E-state index contributed by atoms with van der Waals surface area (Å²) in [6, 6.07) is 5.64. The van der Waals surface area contributed by atoms with Gasteiger partial charge in [-0.3, -0.25) is 4.79 Å². The van der Waals surface area contributed by atoms with Crippen LogP contribution in [0.2, 0.25) is 0 Å². The second-order valence-electron chi connectivity index (χ2n) is 5.63. The van der Waals surface area contributed by atoms with Gasteiger partial charge in [-0.05, 0) is 19.8 Å². The number of hydrogen-bond donors (Lipinski definition) is 2. The molecule has 1 amide bonds. The molecule has 1 saturated heterocycles. The second kappa shape index (κ2) is 8.84. The van der Waals surface area contributed by atoms with Gasteiger partial charge in [-0.25, -0.2) is 0 Å². The van der Waals surface area contributed by atoms with Crippen molar-refractivity contribution in [1.82, 2.24) is 4.90 Å². The molecule has 0 spiro atoms. The average molecular weight is 344 g/mol. The van der Waals surface area contributed by atoms with Crippen molar-refractivity contribution in [3.05, 3.63) is 18.2 Å². The Morgan fingerprint density at radius 1 is 1.22 bits per heavy atom. The highest BCUT2D eigenvalue weighted by Crippen LogP contribution is 2.27. The summed E-state index contributed by atoms with van der Waals surface area (Å²) < 4.78 is 10.5. The first kappa shape index (κ1) is 19.4. The summed E-state index contributed by atoms with van der Waals surface area (Å²) in [5.41, 5.74) is 6.62. The molecule has 1 aromatic rings. The molecule has 6 nitrogen and oxygen atoms in total. The van der Waals surface area contributed by atoms with Gasteiger partial charge in [0.25, 0.3) is 0 Å². The smallest absolute Gasteiger partial charge is 0.239 e. The number of nitrogens with two attached hydrogens (primary N) is 1. The van der Waals surface area contributed by atoms with E-state index in [2.05, 4.69) is 5.32 Å². The molecule has 0 aliphatic carbocycles. The number of methoxy groups -OCH3 is 2. The number of anilines is 1.